The minimum absolute atomic E-state index is 0.266. The summed E-state index contributed by atoms with van der Waals surface area (Å²) in [4.78, 5) is 22.4. The molecule has 0 radical (unpaired) electrons. The third kappa shape index (κ3) is 3.41. The summed E-state index contributed by atoms with van der Waals surface area (Å²) < 4.78 is 1.20. The zero-order valence-corrected chi connectivity index (χ0v) is 10.3. The van der Waals surface area contributed by atoms with Crippen LogP contribution in [0.4, 0.5) is 5.69 Å². The third-order valence-corrected chi connectivity index (χ3v) is 2.50. The second kappa shape index (κ2) is 5.34. The van der Waals surface area contributed by atoms with Gasteiger partial charge in [0.25, 0.3) is 5.91 Å². The van der Waals surface area contributed by atoms with E-state index in [-0.39, 0.29) is 12.5 Å². The van der Waals surface area contributed by atoms with Gasteiger partial charge in [0.1, 0.15) is 6.54 Å². The number of carboxylic acid groups (broad SMARTS) is 1. The van der Waals surface area contributed by atoms with E-state index >= 15 is 0 Å². The maximum atomic E-state index is 11.9. The molecular formula is C13H13N3O3. The molecule has 1 aromatic carbocycles. The largest absolute Gasteiger partial charge is 0.480 e. The molecule has 2 N–H and O–H groups in total. The van der Waals surface area contributed by atoms with Gasteiger partial charge >= 0.3 is 5.97 Å². The van der Waals surface area contributed by atoms with E-state index < -0.39 is 5.97 Å². The molecule has 2 rings (SSSR count). The Balaban J connectivity index is 2.05. The maximum Gasteiger partial charge on any atom is 0.325 e. The average Bonchev–Trinajstić information content (AvgIpc) is 2.80. The summed E-state index contributed by atoms with van der Waals surface area (Å²) in [5.41, 5.74) is 2.11. The van der Waals surface area contributed by atoms with E-state index in [4.69, 9.17) is 5.11 Å². The maximum absolute atomic E-state index is 11.9. The highest BCUT2D eigenvalue weighted by Crippen LogP contribution is 2.10. The molecule has 0 aliphatic carbocycles. The third-order valence-electron chi connectivity index (χ3n) is 2.50. The van der Waals surface area contributed by atoms with Gasteiger partial charge < -0.3 is 10.4 Å². The number of anilines is 1. The van der Waals surface area contributed by atoms with Gasteiger partial charge in [0.2, 0.25) is 0 Å². The minimum atomic E-state index is -1.01. The van der Waals surface area contributed by atoms with E-state index in [1.54, 1.807) is 12.1 Å². The average molecular weight is 259 g/mol. The molecule has 2 aromatic rings. The Labute approximate surface area is 109 Å². The Bertz CT molecular complexity index is 602. The van der Waals surface area contributed by atoms with Crippen molar-refractivity contribution in [2.45, 2.75) is 13.5 Å². The Kier molecular flexibility index (Phi) is 3.61. The molecule has 0 bridgehead atoms. The van der Waals surface area contributed by atoms with Crippen LogP contribution in [0.2, 0.25) is 0 Å². The molecule has 0 unspecified atom stereocenters. The number of rotatable bonds is 4. The predicted octanol–water partition coefficient (Wildman–Crippen LogP) is 1.53. The van der Waals surface area contributed by atoms with Gasteiger partial charge in [-0.3, -0.25) is 14.3 Å². The summed E-state index contributed by atoms with van der Waals surface area (Å²) in [6, 6.07) is 7.39. The second-order valence-electron chi connectivity index (χ2n) is 4.14. The number of aryl methyl sites for hydroxylation is 1. The molecule has 0 spiro atoms. The van der Waals surface area contributed by atoms with Crippen molar-refractivity contribution >= 4 is 17.6 Å². The number of aliphatic carboxylic acids is 1. The lowest BCUT2D eigenvalue weighted by Gasteiger charge is -2.03. The Morgan fingerprint density at radius 2 is 2.00 bits per heavy atom. The molecule has 1 heterocycles. The molecule has 0 aliphatic heterocycles. The highest BCUT2D eigenvalue weighted by Gasteiger charge is 2.10. The van der Waals surface area contributed by atoms with Crippen molar-refractivity contribution in [1.29, 1.82) is 0 Å². The fourth-order valence-corrected chi connectivity index (χ4v) is 1.55. The van der Waals surface area contributed by atoms with E-state index in [2.05, 4.69) is 10.4 Å². The minimum Gasteiger partial charge on any atom is -0.480 e. The quantitative estimate of drug-likeness (QED) is 0.872. The number of nitrogens with zero attached hydrogens (tertiary/aromatic N) is 2. The first kappa shape index (κ1) is 12.8. The lowest BCUT2D eigenvalue weighted by molar-refractivity contribution is -0.137. The molecule has 19 heavy (non-hydrogen) atoms. The fraction of sp³-hybridized carbons (Fsp3) is 0.154. The highest BCUT2D eigenvalue weighted by molar-refractivity contribution is 6.03. The standard InChI is InChI=1S/C13H13N3O3/c1-9-2-4-11(5-3-9)15-13(19)10-6-14-16(7-10)8-12(17)18/h2-7H,8H2,1H3,(H,15,19)(H,17,18). The monoisotopic (exact) mass is 259 g/mol. The first-order valence-corrected chi connectivity index (χ1v) is 5.67. The summed E-state index contributed by atoms with van der Waals surface area (Å²) >= 11 is 0. The second-order valence-corrected chi connectivity index (χ2v) is 4.14. The SMILES string of the molecule is Cc1ccc(NC(=O)c2cnn(CC(=O)O)c2)cc1. The van der Waals surface area contributed by atoms with Crippen molar-refractivity contribution in [2.24, 2.45) is 0 Å². The van der Waals surface area contributed by atoms with Crippen LogP contribution in [0.5, 0.6) is 0 Å². The summed E-state index contributed by atoms with van der Waals surface area (Å²) in [5.74, 6) is -1.32. The molecule has 0 saturated heterocycles. The predicted molar refractivity (Wildman–Crippen MR) is 69.0 cm³/mol. The number of amides is 1. The van der Waals surface area contributed by atoms with Crippen LogP contribution in [-0.4, -0.2) is 26.8 Å². The van der Waals surface area contributed by atoms with Gasteiger partial charge in [-0.05, 0) is 19.1 Å². The molecule has 0 saturated carbocycles. The number of aromatic nitrogens is 2. The van der Waals surface area contributed by atoms with Gasteiger partial charge in [0, 0.05) is 11.9 Å². The van der Waals surface area contributed by atoms with Crippen LogP contribution in [0, 0.1) is 6.92 Å². The lowest BCUT2D eigenvalue weighted by Crippen LogP contribution is -2.12. The Morgan fingerprint density at radius 1 is 1.32 bits per heavy atom. The lowest BCUT2D eigenvalue weighted by atomic mass is 10.2. The van der Waals surface area contributed by atoms with Gasteiger partial charge in [-0.1, -0.05) is 17.7 Å². The van der Waals surface area contributed by atoms with Crippen LogP contribution in [0.3, 0.4) is 0 Å². The van der Waals surface area contributed by atoms with Crippen molar-refractivity contribution in [1.82, 2.24) is 9.78 Å². The van der Waals surface area contributed by atoms with E-state index in [1.807, 2.05) is 19.1 Å². The molecule has 0 fully saturated rings. The number of hydrogen-bond donors (Lipinski definition) is 2. The number of carbonyl (C=O) groups excluding carboxylic acids is 1. The normalized spacial score (nSPS) is 10.2. The van der Waals surface area contributed by atoms with Crippen LogP contribution in [0.1, 0.15) is 15.9 Å². The number of hydrogen-bond acceptors (Lipinski definition) is 3. The van der Waals surface area contributed by atoms with Crippen molar-refractivity contribution in [3.8, 4) is 0 Å². The molecule has 98 valence electrons. The number of benzene rings is 1. The molecule has 0 aliphatic rings. The highest BCUT2D eigenvalue weighted by atomic mass is 16.4. The van der Waals surface area contributed by atoms with Crippen molar-refractivity contribution in [3.63, 3.8) is 0 Å². The Hall–Kier alpha value is -2.63. The number of carboxylic acids is 1. The smallest absolute Gasteiger partial charge is 0.325 e. The fourth-order valence-electron chi connectivity index (χ4n) is 1.55. The van der Waals surface area contributed by atoms with E-state index in [9.17, 15) is 9.59 Å². The van der Waals surface area contributed by atoms with Gasteiger partial charge in [0.15, 0.2) is 0 Å². The first-order chi connectivity index (χ1) is 9.04. The van der Waals surface area contributed by atoms with Crippen LogP contribution >= 0.6 is 0 Å². The Morgan fingerprint density at radius 3 is 2.63 bits per heavy atom. The summed E-state index contributed by atoms with van der Waals surface area (Å²) in [6.45, 7) is 1.69. The summed E-state index contributed by atoms with van der Waals surface area (Å²) in [5, 5.41) is 15.1. The number of carbonyl (C=O) groups is 2. The molecule has 0 atom stereocenters. The zero-order valence-electron chi connectivity index (χ0n) is 10.3. The van der Waals surface area contributed by atoms with Crippen LogP contribution in [0.25, 0.3) is 0 Å². The van der Waals surface area contributed by atoms with E-state index in [1.165, 1.54) is 17.1 Å². The van der Waals surface area contributed by atoms with Gasteiger partial charge in [0.05, 0.1) is 11.8 Å². The van der Waals surface area contributed by atoms with E-state index in [0.29, 0.717) is 11.3 Å². The molecule has 6 nitrogen and oxygen atoms in total. The number of nitrogens with one attached hydrogen (secondary N) is 1. The van der Waals surface area contributed by atoms with Crippen LogP contribution in [0.15, 0.2) is 36.7 Å². The van der Waals surface area contributed by atoms with Crippen molar-refractivity contribution in [3.05, 3.63) is 47.8 Å². The van der Waals surface area contributed by atoms with Crippen LogP contribution < -0.4 is 5.32 Å². The summed E-state index contributed by atoms with van der Waals surface area (Å²) in [6.07, 6.45) is 2.74. The van der Waals surface area contributed by atoms with E-state index in [0.717, 1.165) is 5.56 Å². The van der Waals surface area contributed by atoms with Gasteiger partial charge in [-0.2, -0.15) is 5.10 Å². The van der Waals surface area contributed by atoms with Crippen molar-refractivity contribution < 1.29 is 14.7 Å². The van der Waals surface area contributed by atoms with Gasteiger partial charge in [-0.15, -0.1) is 0 Å². The summed E-state index contributed by atoms with van der Waals surface area (Å²) in [7, 11) is 0. The molecular weight excluding hydrogens is 246 g/mol. The molecule has 6 heteroatoms. The van der Waals surface area contributed by atoms with Crippen molar-refractivity contribution in [2.75, 3.05) is 5.32 Å². The molecule has 1 aromatic heterocycles. The van der Waals surface area contributed by atoms with Crippen LogP contribution in [-0.2, 0) is 11.3 Å². The van der Waals surface area contributed by atoms with Gasteiger partial charge in [-0.25, -0.2) is 0 Å². The zero-order chi connectivity index (χ0) is 13.8. The topological polar surface area (TPSA) is 84.2 Å². The molecule has 1 amide bonds. The first-order valence-electron chi connectivity index (χ1n) is 5.67.